The molecule has 0 spiro atoms. The minimum atomic E-state index is -0.226. The Kier molecular flexibility index (Phi) is 9.33. The Bertz CT molecular complexity index is 3680. The van der Waals surface area contributed by atoms with Crippen molar-refractivity contribution in [2.75, 3.05) is 4.90 Å². The normalized spacial score (nSPS) is 14.8. The van der Waals surface area contributed by atoms with Crippen LogP contribution in [0.1, 0.15) is 74.9 Å². The van der Waals surface area contributed by atoms with Crippen LogP contribution in [0.3, 0.4) is 0 Å². The average molecular weight is 898 g/mol. The van der Waals surface area contributed by atoms with E-state index >= 15 is 0 Å². The largest absolute Gasteiger partial charge is 0.310 e. The van der Waals surface area contributed by atoms with Crippen molar-refractivity contribution in [3.63, 3.8) is 0 Å². The molecule has 0 aromatic heterocycles. The summed E-state index contributed by atoms with van der Waals surface area (Å²) in [5, 5.41) is 0. The second-order valence-corrected chi connectivity index (χ2v) is 21.3. The zero-order valence-electron chi connectivity index (χ0n) is 40.8. The monoisotopic (exact) mass is 897 g/mol. The summed E-state index contributed by atoms with van der Waals surface area (Å²) in [7, 11) is 0. The number of hydrogen-bond acceptors (Lipinski definition) is 1. The van der Waals surface area contributed by atoms with Crippen molar-refractivity contribution in [2.45, 2.75) is 57.8 Å². The molecule has 0 atom stereocenters. The van der Waals surface area contributed by atoms with E-state index in [-0.39, 0.29) is 16.2 Å². The molecule has 3 aliphatic carbocycles. The summed E-state index contributed by atoms with van der Waals surface area (Å²) in [5.41, 5.74) is 29.4. The van der Waals surface area contributed by atoms with Crippen LogP contribution >= 0.6 is 0 Å². The Balaban J connectivity index is 0.899. The first kappa shape index (κ1) is 42.1. The molecule has 1 nitrogen and oxygen atoms in total. The van der Waals surface area contributed by atoms with Crippen LogP contribution in [-0.4, -0.2) is 0 Å². The second kappa shape index (κ2) is 15.5. The van der Waals surface area contributed by atoms with Crippen LogP contribution in [0.15, 0.2) is 224 Å². The Morgan fingerprint density at radius 3 is 1.29 bits per heavy atom. The predicted molar refractivity (Wildman–Crippen MR) is 296 cm³/mol. The van der Waals surface area contributed by atoms with Gasteiger partial charge in [-0.25, -0.2) is 0 Å². The van der Waals surface area contributed by atoms with Crippen LogP contribution in [0.2, 0.25) is 0 Å². The molecule has 1 heteroatoms. The lowest BCUT2D eigenvalue weighted by Crippen LogP contribution is -2.17. The molecule has 336 valence electrons. The average Bonchev–Trinajstić information content (AvgIpc) is 3.88. The summed E-state index contributed by atoms with van der Waals surface area (Å²) in [6.45, 7) is 14.3. The minimum absolute atomic E-state index is 0.0181. The zero-order valence-corrected chi connectivity index (χ0v) is 40.8. The van der Waals surface area contributed by atoms with E-state index in [1.165, 1.54) is 111 Å². The highest BCUT2D eigenvalue weighted by Crippen LogP contribution is 2.58. The molecule has 0 amide bonds. The summed E-state index contributed by atoms with van der Waals surface area (Å²) in [6.07, 6.45) is 0. The highest BCUT2D eigenvalue weighted by molar-refractivity contribution is 5.97. The van der Waals surface area contributed by atoms with Gasteiger partial charge >= 0.3 is 0 Å². The standard InChI is InChI=1S/C69H55N/c1-67(2)60-22-14-13-20-55(60)57-40-50(32-39-61(57)67)48-30-35-52(36-31-48)70(51-33-28-47(29-34-51)46-26-24-45(25-27-46)44-16-9-7-10-17-44)53-37-38-56-58-42-65-59(43-64(58)69(5,6)63(56)41-53)66-54(49-18-11-8-12-19-49)21-15-23-62(66)68(65,3)4/h7-43H,1-6H3. The molecular weight excluding hydrogens is 843 g/mol. The van der Waals surface area contributed by atoms with Gasteiger partial charge < -0.3 is 4.90 Å². The molecule has 0 unspecified atom stereocenters. The number of anilines is 3. The summed E-state index contributed by atoms with van der Waals surface area (Å²) in [5.74, 6) is 0. The lowest BCUT2D eigenvalue weighted by Gasteiger charge is -2.28. The molecular formula is C69H55N. The third kappa shape index (κ3) is 6.38. The van der Waals surface area contributed by atoms with Crippen LogP contribution in [0.4, 0.5) is 17.1 Å². The van der Waals surface area contributed by atoms with Gasteiger partial charge in [-0.15, -0.1) is 0 Å². The van der Waals surface area contributed by atoms with E-state index < -0.39 is 0 Å². The van der Waals surface area contributed by atoms with Crippen molar-refractivity contribution in [1.29, 1.82) is 0 Å². The molecule has 70 heavy (non-hydrogen) atoms. The van der Waals surface area contributed by atoms with Crippen molar-refractivity contribution in [2.24, 2.45) is 0 Å². The van der Waals surface area contributed by atoms with Crippen molar-refractivity contribution in [3.05, 3.63) is 258 Å². The molecule has 13 rings (SSSR count). The predicted octanol–water partition coefficient (Wildman–Crippen LogP) is 18.7. The molecule has 0 bridgehead atoms. The van der Waals surface area contributed by atoms with E-state index in [1.54, 1.807) is 0 Å². The summed E-state index contributed by atoms with van der Waals surface area (Å²) >= 11 is 0. The summed E-state index contributed by atoms with van der Waals surface area (Å²) < 4.78 is 0. The molecule has 3 aliphatic rings. The van der Waals surface area contributed by atoms with Gasteiger partial charge in [0.15, 0.2) is 0 Å². The van der Waals surface area contributed by atoms with Gasteiger partial charge in [0.05, 0.1) is 0 Å². The SMILES string of the molecule is CC1(C)c2ccccc2-c2cc(-c3ccc(N(c4ccc(-c5ccc(-c6ccccc6)cc5)cc4)c4ccc5c(c4)C(C)(C)c4cc6c(cc4-5)C(C)(C)c4cccc(-c5ccccc5)c4-6)cc3)ccc21. The van der Waals surface area contributed by atoms with Gasteiger partial charge in [0, 0.05) is 33.3 Å². The Morgan fingerprint density at radius 2 is 0.629 bits per heavy atom. The van der Waals surface area contributed by atoms with Crippen LogP contribution in [0.25, 0.3) is 77.9 Å². The van der Waals surface area contributed by atoms with Crippen LogP contribution in [0.5, 0.6) is 0 Å². The number of nitrogens with zero attached hydrogens (tertiary/aromatic N) is 1. The fourth-order valence-electron chi connectivity index (χ4n) is 12.4. The van der Waals surface area contributed by atoms with Gasteiger partial charge in [-0.05, 0) is 166 Å². The Hall–Kier alpha value is -8.00. The Labute approximate surface area is 413 Å². The highest BCUT2D eigenvalue weighted by Gasteiger charge is 2.43. The van der Waals surface area contributed by atoms with Gasteiger partial charge in [0.2, 0.25) is 0 Å². The fourth-order valence-corrected chi connectivity index (χ4v) is 12.4. The maximum absolute atomic E-state index is 2.55. The quantitative estimate of drug-likeness (QED) is 0.154. The topological polar surface area (TPSA) is 3.24 Å². The minimum Gasteiger partial charge on any atom is -0.310 e. The van der Waals surface area contributed by atoms with E-state index in [0.29, 0.717) is 0 Å². The molecule has 0 aliphatic heterocycles. The van der Waals surface area contributed by atoms with Crippen molar-refractivity contribution in [3.8, 4) is 77.9 Å². The van der Waals surface area contributed by atoms with E-state index in [2.05, 4.69) is 271 Å². The fraction of sp³-hybridized carbons (Fsp3) is 0.130. The first-order valence-electron chi connectivity index (χ1n) is 24.9. The maximum atomic E-state index is 2.55. The van der Waals surface area contributed by atoms with Gasteiger partial charge in [0.1, 0.15) is 0 Å². The molecule has 0 radical (unpaired) electrons. The molecule has 10 aromatic carbocycles. The number of benzene rings is 10. The van der Waals surface area contributed by atoms with Crippen molar-refractivity contribution >= 4 is 17.1 Å². The van der Waals surface area contributed by atoms with E-state index in [0.717, 1.165) is 17.1 Å². The van der Waals surface area contributed by atoms with Crippen LogP contribution in [0, 0.1) is 0 Å². The first-order chi connectivity index (χ1) is 34.0. The van der Waals surface area contributed by atoms with Crippen molar-refractivity contribution < 1.29 is 0 Å². The number of hydrogen-bond donors (Lipinski definition) is 0. The van der Waals surface area contributed by atoms with Gasteiger partial charge in [0.25, 0.3) is 0 Å². The van der Waals surface area contributed by atoms with Gasteiger partial charge in [-0.3, -0.25) is 0 Å². The maximum Gasteiger partial charge on any atom is 0.0465 e. The van der Waals surface area contributed by atoms with Crippen LogP contribution < -0.4 is 4.90 Å². The Morgan fingerprint density at radius 1 is 0.229 bits per heavy atom. The molecule has 0 fully saturated rings. The third-order valence-electron chi connectivity index (χ3n) is 16.3. The summed E-state index contributed by atoms with van der Waals surface area (Å²) in [6, 6.07) is 83.9. The molecule has 0 saturated carbocycles. The lowest BCUT2D eigenvalue weighted by molar-refractivity contribution is 0.652. The van der Waals surface area contributed by atoms with Crippen LogP contribution in [-0.2, 0) is 16.2 Å². The van der Waals surface area contributed by atoms with Gasteiger partial charge in [-0.2, -0.15) is 0 Å². The number of rotatable bonds is 7. The van der Waals surface area contributed by atoms with Crippen molar-refractivity contribution in [1.82, 2.24) is 0 Å². The zero-order chi connectivity index (χ0) is 47.5. The molecule has 10 aromatic rings. The number of fused-ring (bicyclic) bond motifs is 9. The lowest BCUT2D eigenvalue weighted by atomic mass is 9.79. The first-order valence-corrected chi connectivity index (χ1v) is 24.9. The highest BCUT2D eigenvalue weighted by atomic mass is 15.1. The smallest absolute Gasteiger partial charge is 0.0465 e. The molecule has 0 saturated heterocycles. The third-order valence-corrected chi connectivity index (χ3v) is 16.3. The van der Waals surface area contributed by atoms with E-state index in [1.807, 2.05) is 0 Å². The molecule has 0 heterocycles. The summed E-state index contributed by atoms with van der Waals surface area (Å²) in [4.78, 5) is 2.44. The molecule has 0 N–H and O–H groups in total. The van der Waals surface area contributed by atoms with E-state index in [9.17, 15) is 0 Å². The second-order valence-electron chi connectivity index (χ2n) is 21.3. The van der Waals surface area contributed by atoms with Gasteiger partial charge in [-0.1, -0.05) is 211 Å². The van der Waals surface area contributed by atoms with E-state index in [4.69, 9.17) is 0 Å².